The lowest BCUT2D eigenvalue weighted by molar-refractivity contribution is -0.126. The molecule has 2 aromatic rings. The van der Waals surface area contributed by atoms with Crippen molar-refractivity contribution >= 4 is 11.8 Å². The molecule has 0 spiro atoms. The van der Waals surface area contributed by atoms with Crippen molar-refractivity contribution in [3.8, 4) is 0 Å². The smallest absolute Gasteiger partial charge is 0.253 e. The molecule has 2 aromatic carbocycles. The SMILES string of the molecule is Cc1cc(C)cc(C(=O)N2CCCC(C(=O)NCc3cccc(CN4CCOC(C)C4)c3)C2)c1. The zero-order chi connectivity index (χ0) is 24.1. The number of benzene rings is 2. The van der Waals surface area contributed by atoms with E-state index in [9.17, 15) is 9.59 Å². The number of aryl methyl sites for hydroxylation is 2. The summed E-state index contributed by atoms with van der Waals surface area (Å²) in [5.74, 6) is -0.110. The summed E-state index contributed by atoms with van der Waals surface area (Å²) in [4.78, 5) is 30.3. The van der Waals surface area contributed by atoms with Crippen LogP contribution in [0, 0.1) is 19.8 Å². The van der Waals surface area contributed by atoms with E-state index in [1.54, 1.807) is 0 Å². The van der Waals surface area contributed by atoms with Gasteiger partial charge < -0.3 is 15.0 Å². The van der Waals surface area contributed by atoms with Gasteiger partial charge in [0.1, 0.15) is 0 Å². The average molecular weight is 464 g/mol. The highest BCUT2D eigenvalue weighted by Crippen LogP contribution is 2.20. The van der Waals surface area contributed by atoms with Crippen LogP contribution in [-0.4, -0.2) is 60.5 Å². The van der Waals surface area contributed by atoms with Crippen molar-refractivity contribution in [2.75, 3.05) is 32.8 Å². The summed E-state index contributed by atoms with van der Waals surface area (Å²) in [6.07, 6.45) is 1.94. The number of morpholine rings is 1. The van der Waals surface area contributed by atoms with Gasteiger partial charge in [0, 0.05) is 44.8 Å². The number of hydrogen-bond donors (Lipinski definition) is 1. The van der Waals surface area contributed by atoms with Crippen molar-refractivity contribution in [3.63, 3.8) is 0 Å². The fourth-order valence-corrected chi connectivity index (χ4v) is 5.12. The molecule has 2 aliphatic heterocycles. The van der Waals surface area contributed by atoms with E-state index in [1.807, 2.05) is 30.9 Å². The molecule has 6 heteroatoms. The van der Waals surface area contributed by atoms with Crippen molar-refractivity contribution < 1.29 is 14.3 Å². The molecule has 2 aliphatic rings. The van der Waals surface area contributed by atoms with Crippen LogP contribution in [0.3, 0.4) is 0 Å². The zero-order valence-electron chi connectivity index (χ0n) is 20.7. The Bertz CT molecular complexity index is 1000. The first kappa shape index (κ1) is 24.4. The monoisotopic (exact) mass is 463 g/mol. The van der Waals surface area contributed by atoms with Gasteiger partial charge in [-0.25, -0.2) is 0 Å². The number of amides is 2. The van der Waals surface area contributed by atoms with Crippen LogP contribution in [0.25, 0.3) is 0 Å². The molecule has 4 rings (SSSR count). The normalized spacial score (nSPS) is 21.3. The molecule has 2 atom stereocenters. The summed E-state index contributed by atoms with van der Waals surface area (Å²) in [5.41, 5.74) is 5.24. The summed E-state index contributed by atoms with van der Waals surface area (Å²) in [5, 5.41) is 3.11. The topological polar surface area (TPSA) is 61.9 Å². The van der Waals surface area contributed by atoms with Crippen LogP contribution in [-0.2, 0) is 22.6 Å². The molecule has 1 N–H and O–H groups in total. The quantitative estimate of drug-likeness (QED) is 0.710. The van der Waals surface area contributed by atoms with Crippen molar-refractivity contribution in [2.45, 2.75) is 52.8 Å². The Balaban J connectivity index is 1.31. The number of piperidine rings is 1. The van der Waals surface area contributed by atoms with Crippen LogP contribution in [0.5, 0.6) is 0 Å². The van der Waals surface area contributed by atoms with E-state index in [-0.39, 0.29) is 23.8 Å². The Morgan fingerprint density at radius 1 is 1.03 bits per heavy atom. The predicted octanol–water partition coefficient (Wildman–Crippen LogP) is 3.69. The number of nitrogens with zero attached hydrogens (tertiary/aromatic N) is 2. The van der Waals surface area contributed by atoms with Crippen LogP contribution in [0.1, 0.15) is 52.4 Å². The summed E-state index contributed by atoms with van der Waals surface area (Å²) < 4.78 is 5.64. The van der Waals surface area contributed by atoms with E-state index in [0.717, 1.165) is 55.8 Å². The number of carbonyl (C=O) groups is 2. The minimum atomic E-state index is -0.165. The Morgan fingerprint density at radius 2 is 1.79 bits per heavy atom. The first-order valence-electron chi connectivity index (χ1n) is 12.4. The van der Waals surface area contributed by atoms with Crippen molar-refractivity contribution in [1.29, 1.82) is 0 Å². The lowest BCUT2D eigenvalue weighted by atomic mass is 9.96. The molecule has 34 heavy (non-hydrogen) atoms. The van der Waals surface area contributed by atoms with Crippen LogP contribution in [0.15, 0.2) is 42.5 Å². The third-order valence-corrected chi connectivity index (χ3v) is 6.74. The maximum Gasteiger partial charge on any atom is 0.253 e. The van der Waals surface area contributed by atoms with Gasteiger partial charge in [0.15, 0.2) is 0 Å². The second-order valence-corrected chi connectivity index (χ2v) is 9.92. The first-order valence-corrected chi connectivity index (χ1v) is 12.4. The van der Waals surface area contributed by atoms with E-state index >= 15 is 0 Å². The minimum Gasteiger partial charge on any atom is -0.376 e. The van der Waals surface area contributed by atoms with Crippen LogP contribution in [0.2, 0.25) is 0 Å². The second kappa shape index (κ2) is 11.2. The third kappa shape index (κ3) is 6.45. The fourth-order valence-electron chi connectivity index (χ4n) is 5.12. The summed E-state index contributed by atoms with van der Waals surface area (Å²) in [6.45, 7) is 11.4. The molecular formula is C28H37N3O3. The molecule has 0 radical (unpaired) electrons. The lowest BCUT2D eigenvalue weighted by Crippen LogP contribution is -2.45. The Morgan fingerprint density at radius 3 is 2.56 bits per heavy atom. The molecule has 182 valence electrons. The highest BCUT2D eigenvalue weighted by atomic mass is 16.5. The molecule has 0 aliphatic carbocycles. The van der Waals surface area contributed by atoms with Gasteiger partial charge in [-0.3, -0.25) is 14.5 Å². The summed E-state index contributed by atoms with van der Waals surface area (Å²) in [6, 6.07) is 14.4. The molecular weight excluding hydrogens is 426 g/mol. The summed E-state index contributed by atoms with van der Waals surface area (Å²) in [7, 11) is 0. The highest BCUT2D eigenvalue weighted by molar-refractivity contribution is 5.95. The predicted molar refractivity (Wildman–Crippen MR) is 134 cm³/mol. The van der Waals surface area contributed by atoms with Crippen molar-refractivity contribution in [2.24, 2.45) is 5.92 Å². The van der Waals surface area contributed by atoms with Crippen LogP contribution >= 0.6 is 0 Å². The van der Waals surface area contributed by atoms with Gasteiger partial charge >= 0.3 is 0 Å². The van der Waals surface area contributed by atoms with Crippen molar-refractivity contribution in [3.05, 3.63) is 70.3 Å². The Kier molecular flexibility index (Phi) is 8.01. The number of carbonyl (C=O) groups excluding carboxylic acids is 2. The van der Waals surface area contributed by atoms with Crippen molar-refractivity contribution in [1.82, 2.24) is 15.1 Å². The second-order valence-electron chi connectivity index (χ2n) is 9.92. The molecule has 2 saturated heterocycles. The largest absolute Gasteiger partial charge is 0.376 e. The first-order chi connectivity index (χ1) is 16.4. The minimum absolute atomic E-state index is 0.0226. The molecule has 2 fully saturated rings. The molecule has 6 nitrogen and oxygen atoms in total. The standard InChI is InChI=1S/C28H37N3O3/c1-20-12-21(2)14-26(13-20)28(33)31-9-5-8-25(19-31)27(32)29-16-23-6-4-7-24(15-23)18-30-10-11-34-22(3)17-30/h4,6-7,12-15,22,25H,5,8-11,16-19H2,1-3H3,(H,29,32). The van der Waals surface area contributed by atoms with E-state index in [2.05, 4.69) is 47.5 Å². The van der Waals surface area contributed by atoms with E-state index in [0.29, 0.717) is 25.2 Å². The van der Waals surface area contributed by atoms with Gasteiger partial charge in [-0.15, -0.1) is 0 Å². The van der Waals surface area contributed by atoms with Gasteiger partial charge in [0.2, 0.25) is 5.91 Å². The third-order valence-electron chi connectivity index (χ3n) is 6.74. The van der Waals surface area contributed by atoms with Gasteiger partial charge in [-0.05, 0) is 56.9 Å². The molecule has 0 bridgehead atoms. The highest BCUT2D eigenvalue weighted by Gasteiger charge is 2.29. The maximum atomic E-state index is 13.1. The van der Waals surface area contributed by atoms with Gasteiger partial charge in [-0.2, -0.15) is 0 Å². The fraction of sp³-hybridized carbons (Fsp3) is 0.500. The number of hydrogen-bond acceptors (Lipinski definition) is 4. The number of likely N-dealkylation sites (tertiary alicyclic amines) is 1. The zero-order valence-corrected chi connectivity index (χ0v) is 20.7. The van der Waals surface area contributed by atoms with Gasteiger partial charge in [-0.1, -0.05) is 41.5 Å². The summed E-state index contributed by atoms with van der Waals surface area (Å²) >= 11 is 0. The van der Waals surface area contributed by atoms with Crippen LogP contribution < -0.4 is 5.32 Å². The maximum absolute atomic E-state index is 13.1. The average Bonchev–Trinajstić information content (AvgIpc) is 2.82. The molecule has 2 unspecified atom stereocenters. The molecule has 0 aromatic heterocycles. The molecule has 0 saturated carbocycles. The molecule has 2 amide bonds. The lowest BCUT2D eigenvalue weighted by Gasteiger charge is -2.32. The van der Waals surface area contributed by atoms with E-state index in [1.165, 1.54) is 5.56 Å². The van der Waals surface area contributed by atoms with Crippen LogP contribution in [0.4, 0.5) is 0 Å². The van der Waals surface area contributed by atoms with Gasteiger partial charge in [0.05, 0.1) is 18.6 Å². The van der Waals surface area contributed by atoms with Gasteiger partial charge in [0.25, 0.3) is 5.91 Å². The Labute approximate surface area is 203 Å². The Hall–Kier alpha value is -2.70. The van der Waals surface area contributed by atoms with E-state index < -0.39 is 0 Å². The van der Waals surface area contributed by atoms with E-state index in [4.69, 9.17) is 4.74 Å². The number of nitrogens with one attached hydrogen (secondary N) is 1. The number of ether oxygens (including phenoxy) is 1. The molecule has 2 heterocycles. The number of rotatable bonds is 6.